The Morgan fingerprint density at radius 3 is 2.29 bits per heavy atom. The van der Waals surface area contributed by atoms with E-state index in [-0.39, 0.29) is 34.7 Å². The molecule has 4 heterocycles. The summed E-state index contributed by atoms with van der Waals surface area (Å²) in [5.74, 6) is 0.0819. The summed E-state index contributed by atoms with van der Waals surface area (Å²) < 4.78 is 23.5. The lowest BCUT2D eigenvalue weighted by Gasteiger charge is -2.44. The number of piperidine rings is 3. The summed E-state index contributed by atoms with van der Waals surface area (Å²) in [5.41, 5.74) is 2.95. The molecule has 11 nitrogen and oxygen atoms in total. The number of carboxylic acid groups (broad SMARTS) is 1. The summed E-state index contributed by atoms with van der Waals surface area (Å²) in [6, 6.07) is 17.6. The van der Waals surface area contributed by atoms with Crippen LogP contribution in [0.2, 0.25) is 10.0 Å². The summed E-state index contributed by atoms with van der Waals surface area (Å²) in [6.07, 6.45) is 4.06. The predicted octanol–water partition coefficient (Wildman–Crippen LogP) is 6.85. The summed E-state index contributed by atoms with van der Waals surface area (Å²) in [7, 11) is 4.61. The number of fused-ring (bicyclic) bond motifs is 3. The van der Waals surface area contributed by atoms with Crippen LogP contribution in [0.1, 0.15) is 51.4 Å². The van der Waals surface area contributed by atoms with Gasteiger partial charge in [0.15, 0.2) is 11.5 Å². The fourth-order valence-corrected chi connectivity index (χ4v) is 7.67. The maximum absolute atomic E-state index is 14.1. The van der Waals surface area contributed by atoms with Crippen molar-refractivity contribution in [2.45, 2.75) is 37.8 Å². The van der Waals surface area contributed by atoms with E-state index in [0.717, 1.165) is 30.7 Å². The monoisotopic (exact) mass is 736 g/mol. The van der Waals surface area contributed by atoms with Crippen LogP contribution in [0, 0.1) is 5.92 Å². The lowest BCUT2D eigenvalue weighted by molar-refractivity contribution is -0.904. The molecule has 3 aliphatic heterocycles. The second kappa shape index (κ2) is 15.7. The van der Waals surface area contributed by atoms with Gasteiger partial charge in [0.05, 0.1) is 39.1 Å². The number of carboxylic acids is 1. The minimum Gasteiger partial charge on any atom is -0.497 e. The van der Waals surface area contributed by atoms with Crippen molar-refractivity contribution in [1.29, 1.82) is 0 Å². The van der Waals surface area contributed by atoms with Crippen molar-refractivity contribution >= 4 is 41.0 Å². The molecule has 4 aromatic rings. The van der Waals surface area contributed by atoms with Crippen LogP contribution in [-0.2, 0) is 17.7 Å². The first kappa shape index (κ1) is 36.1. The van der Waals surface area contributed by atoms with E-state index in [9.17, 15) is 19.9 Å². The van der Waals surface area contributed by atoms with Crippen LogP contribution in [-0.4, -0.2) is 74.3 Å². The number of benzene rings is 3. The summed E-state index contributed by atoms with van der Waals surface area (Å²) >= 11 is 13.2. The van der Waals surface area contributed by atoms with Crippen molar-refractivity contribution in [3.8, 4) is 17.2 Å². The van der Waals surface area contributed by atoms with Gasteiger partial charge in [0.1, 0.15) is 21.9 Å². The molecule has 3 aliphatic rings. The first-order valence-corrected chi connectivity index (χ1v) is 17.3. The third kappa shape index (κ3) is 7.96. The first-order chi connectivity index (χ1) is 24.6. The topological polar surface area (TPSA) is 122 Å². The summed E-state index contributed by atoms with van der Waals surface area (Å²) in [6.45, 7) is 2.80. The van der Waals surface area contributed by atoms with E-state index >= 15 is 0 Å². The largest absolute Gasteiger partial charge is 0.497 e. The normalized spacial score (nSPS) is 18.5. The number of anilines is 1. The number of amides is 1. The van der Waals surface area contributed by atoms with Gasteiger partial charge in [-0.05, 0) is 85.3 Å². The highest BCUT2D eigenvalue weighted by atomic mass is 35.5. The quantitative estimate of drug-likeness (QED) is 0.119. The van der Waals surface area contributed by atoms with Gasteiger partial charge in [-0.25, -0.2) is 9.59 Å². The molecule has 7 rings (SSSR count). The molecule has 13 heteroatoms. The van der Waals surface area contributed by atoms with Crippen LogP contribution in [0.15, 0.2) is 73.1 Å². The minimum absolute atomic E-state index is 0.0571. The molecule has 2 atom stereocenters. The number of rotatable bonds is 12. The van der Waals surface area contributed by atoms with Gasteiger partial charge in [0.25, 0.3) is 0 Å². The van der Waals surface area contributed by atoms with Crippen LogP contribution in [0.25, 0.3) is 0 Å². The Bertz CT molecular complexity index is 1890. The highest BCUT2D eigenvalue weighted by Crippen LogP contribution is 2.40. The van der Waals surface area contributed by atoms with E-state index in [2.05, 4.69) is 4.90 Å². The van der Waals surface area contributed by atoms with Crippen molar-refractivity contribution in [3.05, 3.63) is 111 Å². The number of carbonyl (C=O) groups excluding carboxylic acids is 1. The number of hydrogen-bond donors (Lipinski definition) is 2. The molecule has 0 radical (unpaired) electrons. The zero-order chi connectivity index (χ0) is 36.2. The molecular formula is C38H40Cl2N3O8+. The third-order valence-corrected chi connectivity index (χ3v) is 10.4. The Balaban J connectivity index is 1.43. The molecule has 1 amide bonds. The number of aromatic carboxylic acids is 1. The number of ether oxygens (including phenoxy) is 4. The fraction of sp³-hybridized carbons (Fsp3) is 0.342. The van der Waals surface area contributed by atoms with Gasteiger partial charge < -0.3 is 24.1 Å². The van der Waals surface area contributed by atoms with E-state index in [4.69, 9.17) is 42.1 Å². The highest BCUT2D eigenvalue weighted by Gasteiger charge is 2.38. The average Bonchev–Trinajstić information content (AvgIpc) is 3.13. The molecule has 3 saturated heterocycles. The zero-order valence-electron chi connectivity index (χ0n) is 28.6. The number of pyridine rings is 1. The van der Waals surface area contributed by atoms with Crippen LogP contribution in [0.5, 0.6) is 17.2 Å². The molecule has 0 aliphatic carbocycles. The molecule has 3 aromatic carbocycles. The maximum atomic E-state index is 14.1. The number of nitrogens with zero attached hydrogens (tertiary/aromatic N) is 3. The molecule has 3 fully saturated rings. The molecule has 51 heavy (non-hydrogen) atoms. The van der Waals surface area contributed by atoms with Gasteiger partial charge in [-0.3, -0.25) is 15.0 Å². The lowest BCUT2D eigenvalue weighted by Crippen LogP contribution is -2.53. The Morgan fingerprint density at radius 1 is 0.941 bits per heavy atom. The highest BCUT2D eigenvalue weighted by molar-refractivity contribution is 6.35. The van der Waals surface area contributed by atoms with Gasteiger partial charge >= 0.3 is 12.1 Å². The van der Waals surface area contributed by atoms with Crippen molar-refractivity contribution in [3.63, 3.8) is 0 Å². The molecule has 0 unspecified atom stereocenters. The molecule has 2 N–H and O–H groups in total. The van der Waals surface area contributed by atoms with E-state index in [1.807, 2.05) is 12.1 Å². The van der Waals surface area contributed by atoms with Gasteiger partial charge in [-0.2, -0.15) is 0 Å². The Labute approximate surface area is 306 Å². The standard InChI is InChI=1S/C38H39Cl2N3O8/c1-48-27-6-4-5-26(17-27)43(38(46)51-36-22-41-13-11-24(36)12-14-41)19-23-7-9-28(37(44)45)30(15-23)29(18-31-32(39)20-42(47)21-33(31)40)25-8-10-34(49-2)35(16-25)50-3/h4-10,15-17,20-21,24,29,36H,11-14,18-19,22H2,1-3H3,(H-,44,45,47)/p+1/t29-,36-/m0/s1. The molecule has 1 aromatic heterocycles. The van der Waals surface area contributed by atoms with E-state index in [1.165, 1.54) is 26.6 Å². The second-order valence-electron chi connectivity index (χ2n) is 12.8. The Kier molecular flexibility index (Phi) is 11.1. The van der Waals surface area contributed by atoms with Crippen LogP contribution in [0.4, 0.5) is 10.5 Å². The van der Waals surface area contributed by atoms with Crippen molar-refractivity contribution in [1.82, 2.24) is 4.90 Å². The van der Waals surface area contributed by atoms with Crippen molar-refractivity contribution in [2.75, 3.05) is 45.9 Å². The Hall–Kier alpha value is -4.71. The van der Waals surface area contributed by atoms with Crippen LogP contribution >= 0.6 is 23.2 Å². The molecule has 0 spiro atoms. The predicted molar refractivity (Wildman–Crippen MR) is 191 cm³/mol. The molecule has 0 saturated carbocycles. The van der Waals surface area contributed by atoms with Crippen molar-refractivity contribution < 1.29 is 43.6 Å². The minimum atomic E-state index is -1.13. The number of methoxy groups -OCH3 is 3. The maximum Gasteiger partial charge on any atom is 0.414 e. The Morgan fingerprint density at radius 2 is 1.67 bits per heavy atom. The van der Waals surface area contributed by atoms with Crippen LogP contribution in [0.3, 0.4) is 0 Å². The van der Waals surface area contributed by atoms with Gasteiger partial charge in [0, 0.05) is 28.8 Å². The molecule has 268 valence electrons. The first-order valence-electron chi connectivity index (χ1n) is 16.6. The summed E-state index contributed by atoms with van der Waals surface area (Å²) in [5, 5.41) is 20.9. The van der Waals surface area contributed by atoms with Gasteiger partial charge in [0.2, 0.25) is 12.4 Å². The fourth-order valence-electron chi connectivity index (χ4n) is 7.07. The van der Waals surface area contributed by atoms with E-state index in [0.29, 0.717) is 57.7 Å². The number of aromatic nitrogens is 1. The SMILES string of the molecule is COc1cccc(N(Cc2ccc(C(=O)O)c([C@@H](Cc3c(Cl)c[n+](O)cc3Cl)c3ccc(OC)c(OC)c3)c2)C(=O)O[C@H]2CN3CCC2CC3)c1. The van der Waals surface area contributed by atoms with E-state index < -0.39 is 18.0 Å². The lowest BCUT2D eigenvalue weighted by atomic mass is 9.82. The van der Waals surface area contributed by atoms with Crippen molar-refractivity contribution in [2.24, 2.45) is 5.92 Å². The smallest absolute Gasteiger partial charge is 0.414 e. The van der Waals surface area contributed by atoms with Gasteiger partial charge in [-0.15, -0.1) is 0 Å². The second-order valence-corrected chi connectivity index (χ2v) is 13.6. The number of carbonyl (C=O) groups is 2. The molecule has 2 bridgehead atoms. The zero-order valence-corrected chi connectivity index (χ0v) is 30.1. The van der Waals surface area contributed by atoms with E-state index in [1.54, 1.807) is 60.5 Å². The number of hydrogen-bond acceptors (Lipinski definition) is 8. The van der Waals surface area contributed by atoms with Crippen LogP contribution < -0.4 is 23.8 Å². The number of halogens is 2. The third-order valence-electron chi connectivity index (χ3n) is 9.78. The van der Waals surface area contributed by atoms with Gasteiger partial charge in [-0.1, -0.05) is 47.5 Å². The summed E-state index contributed by atoms with van der Waals surface area (Å²) in [4.78, 5) is 30.7. The average molecular weight is 738 g/mol. The molecular weight excluding hydrogens is 697 g/mol.